The number of fused-ring (bicyclic) bond motifs is 1. The van der Waals surface area contributed by atoms with Crippen LogP contribution >= 0.6 is 0 Å². The number of alkyl halides is 2. The molecule has 1 saturated heterocycles. The number of nitrogens with zero attached hydrogens (tertiary/aromatic N) is 1. The average molecular weight is 465 g/mol. The fraction of sp³-hybridized carbons (Fsp3) is 0.280. The van der Waals surface area contributed by atoms with Gasteiger partial charge in [-0.1, -0.05) is 30.2 Å². The minimum absolute atomic E-state index is 0.189. The van der Waals surface area contributed by atoms with Gasteiger partial charge in [0.05, 0.1) is 0 Å². The van der Waals surface area contributed by atoms with E-state index in [1.165, 1.54) is 4.90 Å². The molecule has 174 valence electrons. The van der Waals surface area contributed by atoms with Crippen molar-refractivity contribution in [3.8, 4) is 11.8 Å². The van der Waals surface area contributed by atoms with E-state index in [0.29, 0.717) is 23.1 Å². The summed E-state index contributed by atoms with van der Waals surface area (Å²) in [4.78, 5) is 49.8. The van der Waals surface area contributed by atoms with E-state index in [1.54, 1.807) is 42.5 Å². The molecule has 2 aliphatic heterocycles. The highest BCUT2D eigenvalue weighted by atomic mass is 19.3. The second-order valence-electron chi connectivity index (χ2n) is 8.12. The zero-order chi connectivity index (χ0) is 24.2. The first-order chi connectivity index (χ1) is 16.3. The summed E-state index contributed by atoms with van der Waals surface area (Å²) in [6, 6.07) is 10.8. The number of piperidine rings is 1. The Morgan fingerprint density at radius 1 is 1.12 bits per heavy atom. The summed E-state index contributed by atoms with van der Waals surface area (Å²) in [7, 11) is 0. The number of imide groups is 1. The third-order valence-electron chi connectivity index (χ3n) is 5.71. The lowest BCUT2D eigenvalue weighted by molar-refractivity contribution is -0.137. The molecule has 0 spiro atoms. The maximum Gasteiger partial charge on any atom is 0.296 e. The summed E-state index contributed by atoms with van der Waals surface area (Å²) < 4.78 is 24.8. The standard InChI is InChI=1S/C25H21F2N3O4/c26-21(27)12-16-3-1-15(2-4-16)6-9-22(31)28-13-17-5-7-19-18(11-17)14-30(25(19)34)20-8-10-23(32)29-24(20)33/h1-5,7,11,20-21H,8,10,12-14H2,(H,28,31)(H,29,32,33). The third kappa shape index (κ3) is 5.29. The molecule has 34 heavy (non-hydrogen) atoms. The molecule has 2 N–H and O–H groups in total. The van der Waals surface area contributed by atoms with Crippen molar-refractivity contribution in [2.24, 2.45) is 0 Å². The Morgan fingerprint density at radius 3 is 2.56 bits per heavy atom. The first-order valence-electron chi connectivity index (χ1n) is 10.7. The number of hydrogen-bond acceptors (Lipinski definition) is 4. The second-order valence-corrected chi connectivity index (χ2v) is 8.12. The molecule has 0 aromatic heterocycles. The van der Waals surface area contributed by atoms with Gasteiger partial charge >= 0.3 is 0 Å². The molecule has 2 aromatic rings. The van der Waals surface area contributed by atoms with E-state index in [9.17, 15) is 28.0 Å². The Labute approximate surface area is 194 Å². The van der Waals surface area contributed by atoms with E-state index in [-0.39, 0.29) is 37.7 Å². The van der Waals surface area contributed by atoms with Crippen LogP contribution in [0.2, 0.25) is 0 Å². The minimum atomic E-state index is -2.42. The normalized spacial score (nSPS) is 17.2. The molecular weight excluding hydrogens is 444 g/mol. The van der Waals surface area contributed by atoms with Crippen molar-refractivity contribution in [3.63, 3.8) is 0 Å². The van der Waals surface area contributed by atoms with Crippen LogP contribution in [-0.2, 0) is 33.9 Å². The number of rotatable bonds is 5. The van der Waals surface area contributed by atoms with Crippen LogP contribution in [0.3, 0.4) is 0 Å². The predicted molar refractivity (Wildman–Crippen MR) is 117 cm³/mol. The number of halogens is 2. The van der Waals surface area contributed by atoms with Crippen LogP contribution in [0.1, 0.15) is 45.5 Å². The van der Waals surface area contributed by atoms with E-state index >= 15 is 0 Å². The van der Waals surface area contributed by atoms with Gasteiger partial charge in [-0.3, -0.25) is 24.5 Å². The summed E-state index contributed by atoms with van der Waals surface area (Å²) in [6.07, 6.45) is -2.26. The molecule has 1 fully saturated rings. The fourth-order valence-corrected chi connectivity index (χ4v) is 4.00. The van der Waals surface area contributed by atoms with Gasteiger partial charge in [0.15, 0.2) is 0 Å². The Morgan fingerprint density at radius 2 is 1.85 bits per heavy atom. The van der Waals surface area contributed by atoms with Gasteiger partial charge < -0.3 is 10.2 Å². The van der Waals surface area contributed by atoms with Gasteiger partial charge in [-0.05, 0) is 41.3 Å². The number of benzene rings is 2. The highest BCUT2D eigenvalue weighted by molar-refractivity contribution is 6.05. The number of carbonyl (C=O) groups is 4. The SMILES string of the molecule is O=C(C#Cc1ccc(CC(F)F)cc1)NCc1ccc2c(c1)CN(C1CCC(=O)NC1=O)C2=O. The first-order valence-corrected chi connectivity index (χ1v) is 10.7. The van der Waals surface area contributed by atoms with Gasteiger partial charge in [0.25, 0.3) is 11.8 Å². The topological polar surface area (TPSA) is 95.6 Å². The number of amides is 4. The van der Waals surface area contributed by atoms with Gasteiger partial charge in [-0.25, -0.2) is 8.78 Å². The molecule has 7 nitrogen and oxygen atoms in total. The van der Waals surface area contributed by atoms with E-state index < -0.39 is 24.3 Å². The van der Waals surface area contributed by atoms with Crippen molar-refractivity contribution in [3.05, 3.63) is 70.3 Å². The Bertz CT molecular complexity index is 1210. The maximum atomic E-state index is 12.7. The fourth-order valence-electron chi connectivity index (χ4n) is 4.00. The molecule has 2 aliphatic rings. The van der Waals surface area contributed by atoms with Crippen molar-refractivity contribution >= 4 is 23.6 Å². The molecule has 4 rings (SSSR count). The Hall–Kier alpha value is -4.06. The predicted octanol–water partition coefficient (Wildman–Crippen LogP) is 1.92. The molecule has 4 amide bonds. The second kappa shape index (κ2) is 9.83. The summed E-state index contributed by atoms with van der Waals surface area (Å²) in [6.45, 7) is 0.449. The monoisotopic (exact) mass is 465 g/mol. The van der Waals surface area contributed by atoms with Crippen LogP contribution in [0.4, 0.5) is 8.78 Å². The summed E-state index contributed by atoms with van der Waals surface area (Å²) >= 11 is 0. The minimum Gasteiger partial charge on any atom is -0.341 e. The molecule has 2 heterocycles. The quantitative estimate of drug-likeness (QED) is 0.521. The maximum absolute atomic E-state index is 12.7. The van der Waals surface area contributed by atoms with Crippen molar-refractivity contribution in [1.82, 2.24) is 15.5 Å². The molecule has 0 bridgehead atoms. The third-order valence-corrected chi connectivity index (χ3v) is 5.71. The van der Waals surface area contributed by atoms with Crippen molar-refractivity contribution in [2.45, 2.75) is 44.8 Å². The molecular formula is C25H21F2N3O4. The van der Waals surface area contributed by atoms with Crippen LogP contribution < -0.4 is 10.6 Å². The van der Waals surface area contributed by atoms with Crippen molar-refractivity contribution in [1.29, 1.82) is 0 Å². The van der Waals surface area contributed by atoms with Gasteiger partial charge in [-0.15, -0.1) is 0 Å². The lowest BCUT2D eigenvalue weighted by Gasteiger charge is -2.29. The van der Waals surface area contributed by atoms with Crippen LogP contribution in [0.25, 0.3) is 0 Å². The van der Waals surface area contributed by atoms with Crippen LogP contribution in [0.15, 0.2) is 42.5 Å². The number of hydrogen-bond donors (Lipinski definition) is 2. The number of nitrogens with one attached hydrogen (secondary N) is 2. The van der Waals surface area contributed by atoms with Crippen LogP contribution in [-0.4, -0.2) is 41.0 Å². The van der Waals surface area contributed by atoms with Gasteiger partial charge in [0.2, 0.25) is 18.2 Å². The first kappa shape index (κ1) is 23.1. The summed E-state index contributed by atoms with van der Waals surface area (Å²) in [5.74, 6) is 3.60. The molecule has 0 aliphatic carbocycles. The molecule has 0 saturated carbocycles. The molecule has 0 radical (unpaired) electrons. The average Bonchev–Trinajstić information content (AvgIpc) is 3.12. The van der Waals surface area contributed by atoms with E-state index in [1.807, 2.05) is 0 Å². The summed E-state index contributed by atoms with van der Waals surface area (Å²) in [5, 5.41) is 4.95. The van der Waals surface area contributed by atoms with Crippen molar-refractivity contribution in [2.75, 3.05) is 0 Å². The Balaban J connectivity index is 1.34. The Kier molecular flexibility index (Phi) is 6.68. The zero-order valence-corrected chi connectivity index (χ0v) is 18.1. The summed E-state index contributed by atoms with van der Waals surface area (Å²) in [5.41, 5.74) is 3.04. The van der Waals surface area contributed by atoms with Crippen molar-refractivity contribution < 1.29 is 28.0 Å². The van der Waals surface area contributed by atoms with E-state index in [2.05, 4.69) is 22.5 Å². The zero-order valence-electron chi connectivity index (χ0n) is 18.1. The largest absolute Gasteiger partial charge is 0.341 e. The lowest BCUT2D eigenvalue weighted by atomic mass is 10.0. The highest BCUT2D eigenvalue weighted by Crippen LogP contribution is 2.28. The van der Waals surface area contributed by atoms with Gasteiger partial charge in [0.1, 0.15) is 6.04 Å². The molecule has 1 unspecified atom stereocenters. The molecule has 9 heteroatoms. The van der Waals surface area contributed by atoms with Crippen LogP contribution in [0, 0.1) is 11.8 Å². The van der Waals surface area contributed by atoms with Crippen LogP contribution in [0.5, 0.6) is 0 Å². The van der Waals surface area contributed by atoms with E-state index in [4.69, 9.17) is 0 Å². The van der Waals surface area contributed by atoms with Gasteiger partial charge in [0, 0.05) is 43.0 Å². The van der Waals surface area contributed by atoms with Gasteiger partial charge in [-0.2, -0.15) is 0 Å². The lowest BCUT2D eigenvalue weighted by Crippen LogP contribution is -2.52. The number of carbonyl (C=O) groups excluding carboxylic acids is 4. The molecule has 1 atom stereocenters. The van der Waals surface area contributed by atoms with E-state index in [0.717, 1.165) is 11.1 Å². The molecule has 2 aromatic carbocycles. The smallest absolute Gasteiger partial charge is 0.296 e. The highest BCUT2D eigenvalue weighted by Gasteiger charge is 2.39.